The van der Waals surface area contributed by atoms with Gasteiger partial charge in [0.05, 0.1) is 24.2 Å². The van der Waals surface area contributed by atoms with Gasteiger partial charge in [-0.3, -0.25) is 14.8 Å². The molecule has 2 fully saturated rings. The average molecular weight is 299 g/mol. The summed E-state index contributed by atoms with van der Waals surface area (Å²) in [7, 11) is 0. The van der Waals surface area contributed by atoms with Crippen LogP contribution in [0.3, 0.4) is 0 Å². The van der Waals surface area contributed by atoms with Crippen molar-refractivity contribution in [3.63, 3.8) is 0 Å². The van der Waals surface area contributed by atoms with E-state index < -0.39 is 5.79 Å². The maximum absolute atomic E-state index is 12.6. The molecule has 1 aromatic heterocycles. The minimum Gasteiger partial charge on any atom is -0.347 e. The molecule has 22 heavy (non-hydrogen) atoms. The topological polar surface area (TPSA) is 64.6 Å². The van der Waals surface area contributed by atoms with Crippen molar-refractivity contribution in [2.75, 3.05) is 26.3 Å². The van der Waals surface area contributed by atoms with Crippen molar-refractivity contribution in [2.45, 2.75) is 18.6 Å². The van der Waals surface area contributed by atoms with Gasteiger partial charge >= 0.3 is 0 Å². The zero-order valence-corrected chi connectivity index (χ0v) is 12.2. The number of piperidine rings is 1. The van der Waals surface area contributed by atoms with Crippen molar-refractivity contribution < 1.29 is 14.3 Å². The highest BCUT2D eigenvalue weighted by atomic mass is 16.7. The zero-order chi connectivity index (χ0) is 15.0. The molecule has 4 rings (SSSR count). The highest BCUT2D eigenvalue weighted by molar-refractivity contribution is 5.97. The lowest BCUT2D eigenvalue weighted by atomic mass is 10.0. The minimum atomic E-state index is -0.453. The van der Waals surface area contributed by atoms with Crippen LogP contribution in [-0.4, -0.2) is 52.9 Å². The van der Waals surface area contributed by atoms with Crippen LogP contribution < -0.4 is 0 Å². The molecule has 0 atom stereocenters. The molecule has 1 amide bonds. The summed E-state index contributed by atoms with van der Waals surface area (Å²) in [5.74, 6) is -0.425. The molecule has 1 spiro atoms. The molecule has 6 nitrogen and oxygen atoms in total. The number of amides is 1. The third-order valence-electron chi connectivity index (χ3n) is 4.34. The molecular weight excluding hydrogens is 282 g/mol. The normalized spacial score (nSPS) is 20.6. The summed E-state index contributed by atoms with van der Waals surface area (Å²) in [4.78, 5) is 23.0. The van der Waals surface area contributed by atoms with E-state index in [4.69, 9.17) is 9.47 Å². The third-order valence-corrected chi connectivity index (χ3v) is 4.34. The Kier molecular flexibility index (Phi) is 3.28. The lowest BCUT2D eigenvalue weighted by Gasteiger charge is -2.37. The Labute approximate surface area is 128 Å². The lowest BCUT2D eigenvalue weighted by molar-refractivity contribution is -0.181. The zero-order valence-electron chi connectivity index (χ0n) is 12.2. The number of rotatable bonds is 1. The van der Waals surface area contributed by atoms with E-state index in [-0.39, 0.29) is 5.91 Å². The van der Waals surface area contributed by atoms with Crippen LogP contribution in [0.25, 0.3) is 11.0 Å². The van der Waals surface area contributed by atoms with Crippen LogP contribution >= 0.6 is 0 Å². The Hall–Kier alpha value is -2.05. The minimum absolute atomic E-state index is 0.0281. The largest absolute Gasteiger partial charge is 0.347 e. The summed E-state index contributed by atoms with van der Waals surface area (Å²) in [5, 5.41) is 0. The van der Waals surface area contributed by atoms with Crippen LogP contribution in [-0.2, 0) is 9.47 Å². The number of fused-ring (bicyclic) bond motifs is 1. The molecule has 2 aromatic rings. The molecule has 2 aliphatic heterocycles. The van der Waals surface area contributed by atoms with E-state index in [9.17, 15) is 4.79 Å². The van der Waals surface area contributed by atoms with Gasteiger partial charge in [0.2, 0.25) is 0 Å². The molecule has 0 radical (unpaired) electrons. The number of hydrogen-bond donors (Lipinski definition) is 0. The molecule has 0 bridgehead atoms. The molecule has 6 heteroatoms. The van der Waals surface area contributed by atoms with E-state index in [0.717, 1.165) is 23.9 Å². The number of likely N-dealkylation sites (tertiary alicyclic amines) is 1. The maximum Gasteiger partial charge on any atom is 0.253 e. The number of carbonyl (C=O) groups is 1. The van der Waals surface area contributed by atoms with E-state index in [1.807, 2.05) is 17.0 Å². The first-order valence-corrected chi connectivity index (χ1v) is 7.54. The van der Waals surface area contributed by atoms with Crippen molar-refractivity contribution >= 4 is 16.9 Å². The summed E-state index contributed by atoms with van der Waals surface area (Å²) >= 11 is 0. The van der Waals surface area contributed by atoms with Crippen molar-refractivity contribution in [1.82, 2.24) is 14.9 Å². The van der Waals surface area contributed by atoms with Gasteiger partial charge in [-0.25, -0.2) is 0 Å². The highest BCUT2D eigenvalue weighted by Gasteiger charge is 2.40. The van der Waals surface area contributed by atoms with E-state index in [1.165, 1.54) is 0 Å². The lowest BCUT2D eigenvalue weighted by Crippen LogP contribution is -2.47. The van der Waals surface area contributed by atoms with Crippen molar-refractivity contribution in [3.05, 3.63) is 36.2 Å². The smallest absolute Gasteiger partial charge is 0.253 e. The number of benzene rings is 1. The third kappa shape index (κ3) is 2.34. The fraction of sp³-hybridized carbons (Fsp3) is 0.438. The Morgan fingerprint density at radius 3 is 2.45 bits per heavy atom. The first-order valence-electron chi connectivity index (χ1n) is 7.54. The number of hydrogen-bond acceptors (Lipinski definition) is 5. The van der Waals surface area contributed by atoms with E-state index in [0.29, 0.717) is 31.9 Å². The predicted octanol–water partition coefficient (Wildman–Crippen LogP) is 1.61. The van der Waals surface area contributed by atoms with E-state index in [1.54, 1.807) is 18.5 Å². The van der Waals surface area contributed by atoms with Gasteiger partial charge in [0.15, 0.2) is 5.79 Å². The van der Waals surface area contributed by atoms with Crippen molar-refractivity contribution in [1.29, 1.82) is 0 Å². The predicted molar refractivity (Wildman–Crippen MR) is 79.3 cm³/mol. The molecule has 0 saturated carbocycles. The van der Waals surface area contributed by atoms with Crippen LogP contribution in [0.5, 0.6) is 0 Å². The van der Waals surface area contributed by atoms with Crippen LogP contribution in [0.15, 0.2) is 30.6 Å². The van der Waals surface area contributed by atoms with Crippen LogP contribution in [0.1, 0.15) is 23.2 Å². The fourth-order valence-electron chi connectivity index (χ4n) is 3.12. The molecule has 1 aromatic carbocycles. The van der Waals surface area contributed by atoms with Gasteiger partial charge in [-0.05, 0) is 18.2 Å². The van der Waals surface area contributed by atoms with Gasteiger partial charge in [-0.2, -0.15) is 0 Å². The Balaban J connectivity index is 1.51. The standard InChI is InChI=1S/C16H17N3O3/c20-15(12-1-2-13-14(11-12)18-6-5-17-13)19-7-3-16(4-8-19)21-9-10-22-16/h1-2,5-6,11H,3-4,7-10H2. The molecule has 114 valence electrons. The Morgan fingerprint density at radius 2 is 1.73 bits per heavy atom. The van der Waals surface area contributed by atoms with E-state index >= 15 is 0 Å². The second kappa shape index (κ2) is 5.30. The first kappa shape index (κ1) is 13.6. The Bertz CT molecular complexity index is 703. The second-order valence-electron chi connectivity index (χ2n) is 5.66. The number of nitrogens with zero attached hydrogens (tertiary/aromatic N) is 3. The number of ether oxygens (including phenoxy) is 2. The molecule has 2 saturated heterocycles. The second-order valence-corrected chi connectivity index (χ2v) is 5.66. The summed E-state index contributed by atoms with van der Waals surface area (Å²) < 4.78 is 11.4. The summed E-state index contributed by atoms with van der Waals surface area (Å²) in [6.45, 7) is 2.60. The SMILES string of the molecule is O=C(c1ccc2nccnc2c1)N1CCC2(CC1)OCCO2. The molecule has 3 heterocycles. The Morgan fingerprint density at radius 1 is 1.05 bits per heavy atom. The van der Waals surface area contributed by atoms with Gasteiger partial charge in [-0.15, -0.1) is 0 Å². The van der Waals surface area contributed by atoms with Crippen LogP contribution in [0.4, 0.5) is 0 Å². The van der Waals surface area contributed by atoms with Crippen LogP contribution in [0.2, 0.25) is 0 Å². The van der Waals surface area contributed by atoms with Gasteiger partial charge in [-0.1, -0.05) is 0 Å². The summed E-state index contributed by atoms with van der Waals surface area (Å²) in [6, 6.07) is 5.45. The summed E-state index contributed by atoms with van der Waals surface area (Å²) in [5.41, 5.74) is 2.19. The molecule has 0 aliphatic carbocycles. The first-order chi connectivity index (χ1) is 10.8. The number of carbonyl (C=O) groups excluding carboxylic acids is 1. The van der Waals surface area contributed by atoms with E-state index in [2.05, 4.69) is 9.97 Å². The molecule has 0 N–H and O–H groups in total. The highest BCUT2D eigenvalue weighted by Crippen LogP contribution is 2.31. The quantitative estimate of drug-likeness (QED) is 0.800. The number of aromatic nitrogens is 2. The van der Waals surface area contributed by atoms with Crippen LogP contribution in [0, 0.1) is 0 Å². The average Bonchev–Trinajstić information content (AvgIpc) is 3.02. The molecule has 0 unspecified atom stereocenters. The monoisotopic (exact) mass is 299 g/mol. The molecular formula is C16H17N3O3. The van der Waals surface area contributed by atoms with Gasteiger partial charge in [0.25, 0.3) is 5.91 Å². The van der Waals surface area contributed by atoms with Crippen molar-refractivity contribution in [2.24, 2.45) is 0 Å². The van der Waals surface area contributed by atoms with Gasteiger partial charge < -0.3 is 14.4 Å². The fourth-order valence-corrected chi connectivity index (χ4v) is 3.12. The van der Waals surface area contributed by atoms with Crippen molar-refractivity contribution in [3.8, 4) is 0 Å². The summed E-state index contributed by atoms with van der Waals surface area (Å²) in [6.07, 6.45) is 4.74. The maximum atomic E-state index is 12.6. The molecule has 2 aliphatic rings. The van der Waals surface area contributed by atoms with Gasteiger partial charge in [0.1, 0.15) is 0 Å². The van der Waals surface area contributed by atoms with Gasteiger partial charge in [0, 0.05) is 43.9 Å².